The number of hydrogen-bond acceptors (Lipinski definition) is 6. The van der Waals surface area contributed by atoms with Gasteiger partial charge in [0.05, 0.1) is 5.52 Å². The van der Waals surface area contributed by atoms with Gasteiger partial charge in [0.1, 0.15) is 17.0 Å². The number of nitrogens with one attached hydrogen (secondary N) is 1. The lowest BCUT2D eigenvalue weighted by atomic mass is 9.95. The number of pyridine rings is 1. The minimum absolute atomic E-state index is 0.0982. The van der Waals surface area contributed by atoms with Crippen molar-refractivity contribution in [3.8, 4) is 0 Å². The van der Waals surface area contributed by atoms with Crippen molar-refractivity contribution in [2.24, 2.45) is 0 Å². The van der Waals surface area contributed by atoms with E-state index in [2.05, 4.69) is 24.6 Å². The highest BCUT2D eigenvalue weighted by Gasteiger charge is 2.28. The molecular weight excluding hydrogens is 410 g/mol. The molecule has 1 aromatic carbocycles. The molecule has 1 aliphatic carbocycles. The third kappa shape index (κ3) is 4.02. The monoisotopic (exact) mass is 437 g/mol. The molecule has 1 fully saturated rings. The zero-order chi connectivity index (χ0) is 21.4. The number of aryl methyl sites for hydroxylation is 2. The van der Waals surface area contributed by atoms with Gasteiger partial charge >= 0.3 is 0 Å². The van der Waals surface area contributed by atoms with E-state index in [4.69, 9.17) is 0 Å². The van der Waals surface area contributed by atoms with Gasteiger partial charge in [-0.2, -0.15) is 0 Å². The van der Waals surface area contributed by atoms with E-state index < -0.39 is 10.0 Å². The molecular formula is C23H27N5O2S. The average Bonchev–Trinajstić information content (AvgIpc) is 2.78. The van der Waals surface area contributed by atoms with E-state index in [0.717, 1.165) is 55.7 Å². The quantitative estimate of drug-likeness (QED) is 0.675. The number of hydrogen-bond donors (Lipinski definition) is 1. The van der Waals surface area contributed by atoms with Crippen LogP contribution < -0.4 is 9.62 Å². The van der Waals surface area contributed by atoms with Crippen LogP contribution in [0.2, 0.25) is 0 Å². The standard InChI is InChI=1S/C23H27N5O2S/c1-16-9-10-17-5-4-8-21(22(17)26-16)31(29,30)27-18-11-13-28(14-12-18)23-19-6-2-3-7-20(19)24-15-25-23/h4-5,8-10,15,18,27H,2-3,6-7,11-14H2,1H3. The Kier molecular flexibility index (Phi) is 5.35. The number of benzene rings is 1. The lowest BCUT2D eigenvalue weighted by Gasteiger charge is -2.34. The molecule has 162 valence electrons. The van der Waals surface area contributed by atoms with Crippen LogP contribution in [-0.2, 0) is 22.9 Å². The van der Waals surface area contributed by atoms with Crippen molar-refractivity contribution in [1.29, 1.82) is 0 Å². The molecule has 1 aliphatic heterocycles. The first-order valence-electron chi connectivity index (χ1n) is 11.0. The maximum atomic E-state index is 13.2. The van der Waals surface area contributed by atoms with E-state index in [-0.39, 0.29) is 10.9 Å². The van der Waals surface area contributed by atoms with Crippen LogP contribution in [0.15, 0.2) is 41.6 Å². The summed E-state index contributed by atoms with van der Waals surface area (Å²) in [5.74, 6) is 1.04. The van der Waals surface area contributed by atoms with Crippen LogP contribution in [0.25, 0.3) is 10.9 Å². The molecule has 0 radical (unpaired) electrons. The maximum Gasteiger partial charge on any atom is 0.242 e. The summed E-state index contributed by atoms with van der Waals surface area (Å²) in [5, 5.41) is 0.830. The van der Waals surface area contributed by atoms with Gasteiger partial charge in [0, 0.05) is 41.5 Å². The molecule has 8 heteroatoms. The lowest BCUT2D eigenvalue weighted by Crippen LogP contribution is -2.45. The predicted molar refractivity (Wildman–Crippen MR) is 121 cm³/mol. The minimum atomic E-state index is -3.66. The van der Waals surface area contributed by atoms with Crippen molar-refractivity contribution in [1.82, 2.24) is 19.7 Å². The van der Waals surface area contributed by atoms with Crippen LogP contribution in [0.5, 0.6) is 0 Å². The van der Waals surface area contributed by atoms with Gasteiger partial charge in [0.15, 0.2) is 0 Å². The second kappa shape index (κ2) is 8.16. The number of aromatic nitrogens is 3. The number of piperidine rings is 1. The largest absolute Gasteiger partial charge is 0.356 e. The Morgan fingerprint density at radius 3 is 2.68 bits per heavy atom. The highest BCUT2D eigenvalue weighted by Crippen LogP contribution is 2.29. The topological polar surface area (TPSA) is 88.1 Å². The summed E-state index contributed by atoms with van der Waals surface area (Å²) in [6.45, 7) is 3.44. The van der Waals surface area contributed by atoms with Crippen LogP contribution in [0.4, 0.5) is 5.82 Å². The van der Waals surface area contributed by atoms with E-state index in [1.165, 1.54) is 24.1 Å². The SMILES string of the molecule is Cc1ccc2cccc(S(=O)(=O)NC3CCN(c4ncnc5c4CCCC5)CC3)c2n1. The van der Waals surface area contributed by atoms with Gasteiger partial charge in [-0.3, -0.25) is 4.98 Å². The summed E-state index contributed by atoms with van der Waals surface area (Å²) in [6.07, 6.45) is 7.59. The maximum absolute atomic E-state index is 13.2. The van der Waals surface area contributed by atoms with Crippen molar-refractivity contribution >= 4 is 26.7 Å². The third-order valence-corrected chi connectivity index (χ3v) is 7.88. The van der Waals surface area contributed by atoms with E-state index in [0.29, 0.717) is 5.52 Å². The number of nitrogens with zero attached hydrogens (tertiary/aromatic N) is 4. The van der Waals surface area contributed by atoms with E-state index in [9.17, 15) is 8.42 Å². The van der Waals surface area contributed by atoms with Crippen LogP contribution in [0.1, 0.15) is 42.6 Å². The molecule has 0 amide bonds. The Morgan fingerprint density at radius 1 is 1.03 bits per heavy atom. The smallest absolute Gasteiger partial charge is 0.242 e. The third-order valence-electron chi connectivity index (χ3n) is 6.33. The number of sulfonamides is 1. The first-order valence-corrected chi connectivity index (χ1v) is 12.5. The molecule has 3 heterocycles. The fourth-order valence-corrected chi connectivity index (χ4v) is 6.18. The summed E-state index contributed by atoms with van der Waals surface area (Å²) >= 11 is 0. The van der Waals surface area contributed by atoms with Crippen LogP contribution in [0, 0.1) is 6.92 Å². The molecule has 7 nitrogen and oxygen atoms in total. The molecule has 31 heavy (non-hydrogen) atoms. The van der Waals surface area contributed by atoms with Crippen molar-refractivity contribution in [3.63, 3.8) is 0 Å². The van der Waals surface area contributed by atoms with Crippen LogP contribution >= 0.6 is 0 Å². The number of anilines is 1. The highest BCUT2D eigenvalue weighted by atomic mass is 32.2. The number of fused-ring (bicyclic) bond motifs is 2. The zero-order valence-electron chi connectivity index (χ0n) is 17.7. The Balaban J connectivity index is 1.32. The summed E-state index contributed by atoms with van der Waals surface area (Å²) in [4.78, 5) is 16.1. The lowest BCUT2D eigenvalue weighted by molar-refractivity contribution is 0.457. The molecule has 1 saturated heterocycles. The summed E-state index contributed by atoms with van der Waals surface area (Å²) < 4.78 is 29.3. The first kappa shape index (κ1) is 20.3. The summed E-state index contributed by atoms with van der Waals surface area (Å²) in [7, 11) is -3.66. The zero-order valence-corrected chi connectivity index (χ0v) is 18.5. The van der Waals surface area contributed by atoms with Gasteiger partial charge < -0.3 is 4.90 Å². The van der Waals surface area contributed by atoms with Crippen molar-refractivity contribution < 1.29 is 8.42 Å². The van der Waals surface area contributed by atoms with Gasteiger partial charge in [-0.1, -0.05) is 18.2 Å². The first-order chi connectivity index (χ1) is 15.0. The minimum Gasteiger partial charge on any atom is -0.356 e. The van der Waals surface area contributed by atoms with E-state index >= 15 is 0 Å². The average molecular weight is 438 g/mol. The Morgan fingerprint density at radius 2 is 1.84 bits per heavy atom. The summed E-state index contributed by atoms with van der Waals surface area (Å²) in [6, 6.07) is 9.01. The Bertz CT molecular complexity index is 1220. The van der Waals surface area contributed by atoms with Crippen molar-refractivity contribution in [2.45, 2.75) is 56.4 Å². The van der Waals surface area contributed by atoms with Gasteiger partial charge in [0.25, 0.3) is 0 Å². The molecule has 1 N–H and O–H groups in total. The molecule has 0 atom stereocenters. The van der Waals surface area contributed by atoms with Gasteiger partial charge in [0.2, 0.25) is 10.0 Å². The molecule has 0 spiro atoms. The summed E-state index contributed by atoms with van der Waals surface area (Å²) in [5.41, 5.74) is 3.79. The molecule has 0 saturated carbocycles. The molecule has 5 rings (SSSR count). The molecule has 2 aliphatic rings. The fourth-order valence-electron chi connectivity index (χ4n) is 4.70. The number of rotatable bonds is 4. The Labute approximate surface area is 183 Å². The van der Waals surface area contributed by atoms with Gasteiger partial charge in [-0.25, -0.2) is 23.1 Å². The Hall–Kier alpha value is -2.58. The molecule has 2 aromatic heterocycles. The van der Waals surface area contributed by atoms with Gasteiger partial charge in [-0.15, -0.1) is 0 Å². The predicted octanol–water partition coefficient (Wildman–Crippen LogP) is 3.16. The second-order valence-corrected chi connectivity index (χ2v) is 10.2. The molecule has 0 bridgehead atoms. The fraction of sp³-hybridized carbons (Fsp3) is 0.435. The van der Waals surface area contributed by atoms with Gasteiger partial charge in [-0.05, 0) is 57.6 Å². The highest BCUT2D eigenvalue weighted by molar-refractivity contribution is 7.89. The second-order valence-electron chi connectivity index (χ2n) is 8.49. The van der Waals surface area contributed by atoms with Crippen molar-refractivity contribution in [2.75, 3.05) is 18.0 Å². The molecule has 3 aromatic rings. The molecule has 0 unspecified atom stereocenters. The van der Waals surface area contributed by atoms with Crippen LogP contribution in [-0.4, -0.2) is 42.5 Å². The normalized spacial score (nSPS) is 17.6. The number of para-hydroxylation sites is 1. The van der Waals surface area contributed by atoms with E-state index in [1.807, 2.05) is 25.1 Å². The van der Waals surface area contributed by atoms with Crippen molar-refractivity contribution in [3.05, 3.63) is 53.6 Å². The van der Waals surface area contributed by atoms with E-state index in [1.54, 1.807) is 18.5 Å². The van der Waals surface area contributed by atoms with Crippen LogP contribution in [0.3, 0.4) is 0 Å².